The van der Waals surface area contributed by atoms with Crippen molar-refractivity contribution in [2.75, 3.05) is 7.11 Å². The molecule has 4 heteroatoms. The van der Waals surface area contributed by atoms with Gasteiger partial charge in [-0.2, -0.15) is 0 Å². The maximum Gasteiger partial charge on any atom is 0.172 e. The van der Waals surface area contributed by atoms with E-state index in [4.69, 9.17) is 21.4 Å². The number of hydrogen-bond acceptors (Lipinski definition) is 2. The highest BCUT2D eigenvalue weighted by atomic mass is 35.5. The summed E-state index contributed by atoms with van der Waals surface area (Å²) < 4.78 is 17.9. The van der Waals surface area contributed by atoms with Gasteiger partial charge in [-0.05, 0) is 12.1 Å². The van der Waals surface area contributed by atoms with Crippen LogP contribution in [0.2, 0.25) is 5.02 Å². The summed E-state index contributed by atoms with van der Waals surface area (Å²) in [5.41, 5.74) is 0.0658. The monoisotopic (exact) mass is 190 g/mol. The minimum absolute atomic E-state index is 0.0658. The second kappa shape index (κ2) is 3.74. The molecule has 0 saturated heterocycles. The Labute approximate surface area is 74.5 Å². The zero-order valence-corrected chi connectivity index (χ0v) is 7.23. The highest BCUT2D eigenvalue weighted by Crippen LogP contribution is 2.26. The summed E-state index contributed by atoms with van der Waals surface area (Å²) in [5, 5.41) is 8.94. The van der Waals surface area contributed by atoms with Crippen LogP contribution in [0, 0.1) is 5.82 Å². The van der Waals surface area contributed by atoms with Crippen molar-refractivity contribution in [1.29, 1.82) is 0 Å². The van der Waals surface area contributed by atoms with Gasteiger partial charge in [-0.25, -0.2) is 4.39 Å². The first kappa shape index (κ1) is 9.29. The van der Waals surface area contributed by atoms with Crippen molar-refractivity contribution in [2.45, 2.75) is 6.61 Å². The standard InChI is InChI=1S/C8H8ClFO2/c1-12-7-3-2-6(9)5(4-11)8(7)10/h2-3,11H,4H2,1H3. The lowest BCUT2D eigenvalue weighted by molar-refractivity contribution is 0.272. The van der Waals surface area contributed by atoms with E-state index in [1.54, 1.807) is 0 Å². The Morgan fingerprint density at radius 2 is 2.25 bits per heavy atom. The fourth-order valence-electron chi connectivity index (χ4n) is 0.879. The molecule has 0 aliphatic heterocycles. The summed E-state index contributed by atoms with van der Waals surface area (Å²) in [4.78, 5) is 0. The van der Waals surface area contributed by atoms with Crippen molar-refractivity contribution in [3.8, 4) is 5.75 Å². The number of ether oxygens (including phenoxy) is 1. The second-order valence-corrected chi connectivity index (χ2v) is 2.61. The number of aliphatic hydroxyl groups excluding tert-OH is 1. The van der Waals surface area contributed by atoms with Gasteiger partial charge in [0.1, 0.15) is 0 Å². The molecule has 0 saturated carbocycles. The minimum Gasteiger partial charge on any atom is -0.494 e. The molecule has 12 heavy (non-hydrogen) atoms. The van der Waals surface area contributed by atoms with E-state index >= 15 is 0 Å². The third-order valence-corrected chi connectivity index (χ3v) is 1.88. The molecule has 1 aromatic rings. The molecule has 1 N–H and O–H groups in total. The van der Waals surface area contributed by atoms with Crippen LogP contribution in [0.15, 0.2) is 12.1 Å². The molecule has 0 aliphatic rings. The largest absolute Gasteiger partial charge is 0.494 e. The lowest BCUT2D eigenvalue weighted by atomic mass is 10.2. The summed E-state index contributed by atoms with van der Waals surface area (Å²) in [7, 11) is 1.35. The van der Waals surface area contributed by atoms with E-state index in [-0.39, 0.29) is 16.3 Å². The van der Waals surface area contributed by atoms with E-state index in [0.717, 1.165) is 0 Å². The molecule has 0 radical (unpaired) electrons. The Balaban J connectivity index is 3.24. The molecule has 1 rings (SSSR count). The van der Waals surface area contributed by atoms with Gasteiger partial charge >= 0.3 is 0 Å². The van der Waals surface area contributed by atoms with E-state index in [1.807, 2.05) is 0 Å². The highest BCUT2D eigenvalue weighted by Gasteiger charge is 2.11. The molecule has 0 aliphatic carbocycles. The smallest absolute Gasteiger partial charge is 0.172 e. The van der Waals surface area contributed by atoms with Gasteiger partial charge in [-0.1, -0.05) is 11.6 Å². The number of halogens is 2. The van der Waals surface area contributed by atoms with Gasteiger partial charge in [0.15, 0.2) is 11.6 Å². The number of methoxy groups -OCH3 is 1. The predicted molar refractivity (Wildman–Crippen MR) is 43.9 cm³/mol. The van der Waals surface area contributed by atoms with Crippen molar-refractivity contribution in [1.82, 2.24) is 0 Å². The van der Waals surface area contributed by atoms with Gasteiger partial charge in [-0.15, -0.1) is 0 Å². The predicted octanol–water partition coefficient (Wildman–Crippen LogP) is 1.98. The van der Waals surface area contributed by atoms with E-state index in [2.05, 4.69) is 0 Å². The van der Waals surface area contributed by atoms with Crippen molar-refractivity contribution in [2.24, 2.45) is 0 Å². The van der Waals surface area contributed by atoms with Crippen molar-refractivity contribution < 1.29 is 14.2 Å². The van der Waals surface area contributed by atoms with Gasteiger partial charge in [-0.3, -0.25) is 0 Å². The molecule has 0 bridgehead atoms. The van der Waals surface area contributed by atoms with Crippen molar-refractivity contribution >= 4 is 11.6 Å². The van der Waals surface area contributed by atoms with Crippen LogP contribution < -0.4 is 4.74 Å². The Morgan fingerprint density at radius 1 is 1.58 bits per heavy atom. The minimum atomic E-state index is -0.604. The summed E-state index contributed by atoms with van der Waals surface area (Å²) in [6.07, 6.45) is 0. The lowest BCUT2D eigenvalue weighted by Gasteiger charge is -2.06. The summed E-state index contributed by atoms with van der Waals surface area (Å²) in [5.74, 6) is -0.518. The van der Waals surface area contributed by atoms with Crippen molar-refractivity contribution in [3.05, 3.63) is 28.5 Å². The topological polar surface area (TPSA) is 29.5 Å². The first-order chi connectivity index (χ1) is 5.70. The maximum atomic E-state index is 13.2. The van der Waals surface area contributed by atoms with E-state index < -0.39 is 12.4 Å². The van der Waals surface area contributed by atoms with Crippen molar-refractivity contribution in [3.63, 3.8) is 0 Å². The Morgan fingerprint density at radius 3 is 2.75 bits per heavy atom. The SMILES string of the molecule is COc1ccc(Cl)c(CO)c1F. The molecular formula is C8H8ClFO2. The zero-order chi connectivity index (χ0) is 9.14. The first-order valence-electron chi connectivity index (χ1n) is 3.32. The quantitative estimate of drug-likeness (QED) is 0.773. The Kier molecular flexibility index (Phi) is 2.89. The summed E-state index contributed by atoms with van der Waals surface area (Å²) in [6.45, 7) is -0.429. The summed E-state index contributed by atoms with van der Waals surface area (Å²) in [6, 6.07) is 2.89. The fraction of sp³-hybridized carbons (Fsp3) is 0.250. The third kappa shape index (κ3) is 1.52. The molecule has 66 valence electrons. The van der Waals surface area contributed by atoms with Crippen LogP contribution in [0.25, 0.3) is 0 Å². The molecule has 0 heterocycles. The van der Waals surface area contributed by atoms with Gasteiger partial charge in [0.05, 0.1) is 13.7 Å². The van der Waals surface area contributed by atoms with Crippen LogP contribution in [0.5, 0.6) is 5.75 Å². The van der Waals surface area contributed by atoms with Crippen LogP contribution in [0.3, 0.4) is 0 Å². The van der Waals surface area contributed by atoms with Crippen LogP contribution in [0.4, 0.5) is 4.39 Å². The molecule has 0 unspecified atom stereocenters. The Hall–Kier alpha value is -0.800. The highest BCUT2D eigenvalue weighted by molar-refractivity contribution is 6.31. The number of benzene rings is 1. The van der Waals surface area contributed by atoms with Gasteiger partial charge < -0.3 is 9.84 Å². The van der Waals surface area contributed by atoms with Crippen LogP contribution >= 0.6 is 11.6 Å². The molecule has 0 amide bonds. The van der Waals surface area contributed by atoms with E-state index in [1.165, 1.54) is 19.2 Å². The first-order valence-corrected chi connectivity index (χ1v) is 3.70. The van der Waals surface area contributed by atoms with Gasteiger partial charge in [0, 0.05) is 10.6 Å². The average Bonchev–Trinajstić information content (AvgIpc) is 2.06. The Bertz CT molecular complexity index is 289. The second-order valence-electron chi connectivity index (χ2n) is 2.20. The third-order valence-electron chi connectivity index (χ3n) is 1.53. The molecule has 0 atom stereocenters. The van der Waals surface area contributed by atoms with Gasteiger partial charge in [0.25, 0.3) is 0 Å². The number of aliphatic hydroxyl groups is 1. The van der Waals surface area contributed by atoms with Crippen LogP contribution in [-0.2, 0) is 6.61 Å². The lowest BCUT2D eigenvalue weighted by Crippen LogP contribution is -1.95. The fourth-order valence-corrected chi connectivity index (χ4v) is 1.08. The summed E-state index contributed by atoms with van der Waals surface area (Å²) >= 11 is 5.60. The molecule has 0 spiro atoms. The van der Waals surface area contributed by atoms with Gasteiger partial charge in [0.2, 0.25) is 0 Å². The molecule has 2 nitrogen and oxygen atoms in total. The maximum absolute atomic E-state index is 13.2. The van der Waals surface area contributed by atoms with E-state index in [0.29, 0.717) is 0 Å². The number of hydrogen-bond donors (Lipinski definition) is 1. The van der Waals surface area contributed by atoms with Crippen LogP contribution in [0.1, 0.15) is 5.56 Å². The number of rotatable bonds is 2. The molecular weight excluding hydrogens is 183 g/mol. The molecule has 0 aromatic heterocycles. The molecule has 0 fully saturated rings. The van der Waals surface area contributed by atoms with Crippen LogP contribution in [-0.4, -0.2) is 12.2 Å². The normalized spacial score (nSPS) is 10.0. The molecule has 1 aromatic carbocycles. The van der Waals surface area contributed by atoms with E-state index in [9.17, 15) is 4.39 Å². The average molecular weight is 191 g/mol. The zero-order valence-electron chi connectivity index (χ0n) is 6.47.